The molecule has 0 saturated carbocycles. The van der Waals surface area contributed by atoms with Gasteiger partial charge in [-0.25, -0.2) is 9.97 Å². The van der Waals surface area contributed by atoms with Crippen LogP contribution in [0.5, 0.6) is 0 Å². The predicted molar refractivity (Wildman–Crippen MR) is 118 cm³/mol. The van der Waals surface area contributed by atoms with Crippen LogP contribution in [0.1, 0.15) is 49.2 Å². The number of H-pyrrole nitrogens is 1. The smallest absolute Gasteiger partial charge is 0.157 e. The maximum atomic E-state index is 5.26. The van der Waals surface area contributed by atoms with Crippen molar-refractivity contribution < 1.29 is 4.74 Å². The van der Waals surface area contributed by atoms with Crippen molar-refractivity contribution in [1.82, 2.24) is 25.1 Å². The summed E-state index contributed by atoms with van der Waals surface area (Å²) in [7, 11) is 2.03. The summed E-state index contributed by atoms with van der Waals surface area (Å²) in [6.07, 6.45) is 10.4. The molecule has 1 fully saturated rings. The first kappa shape index (κ1) is 20.0. The van der Waals surface area contributed by atoms with Gasteiger partial charge in [0.25, 0.3) is 0 Å². The molecule has 1 aliphatic rings. The van der Waals surface area contributed by atoms with Gasteiger partial charge in [-0.05, 0) is 31.1 Å². The predicted octanol–water partition coefficient (Wildman–Crippen LogP) is 4.07. The third kappa shape index (κ3) is 4.33. The molecule has 156 valence electrons. The molecule has 4 heterocycles. The highest BCUT2D eigenvalue weighted by Crippen LogP contribution is 2.29. The van der Waals surface area contributed by atoms with Crippen LogP contribution in [0, 0.1) is 0 Å². The largest absolute Gasteiger partial charge is 0.380 e. The highest BCUT2D eigenvalue weighted by molar-refractivity contribution is 5.64. The zero-order chi connectivity index (χ0) is 20.9. The van der Waals surface area contributed by atoms with Crippen molar-refractivity contribution in [2.75, 3.05) is 30.5 Å². The average molecular weight is 406 g/mol. The van der Waals surface area contributed by atoms with Crippen LogP contribution in [0.15, 0.2) is 42.9 Å². The molecule has 8 nitrogen and oxygen atoms in total. The van der Waals surface area contributed by atoms with Crippen LogP contribution < -0.4 is 10.2 Å². The summed E-state index contributed by atoms with van der Waals surface area (Å²) in [5, 5.41) is 10.7. The van der Waals surface area contributed by atoms with E-state index in [1.165, 1.54) is 0 Å². The molecule has 0 bridgehead atoms. The molecule has 3 aromatic rings. The topological polar surface area (TPSA) is 91.8 Å². The van der Waals surface area contributed by atoms with Gasteiger partial charge in [-0.3, -0.25) is 10.1 Å². The minimum absolute atomic E-state index is 0.0904. The Hall–Kier alpha value is -3.26. The minimum Gasteiger partial charge on any atom is -0.380 e. The molecule has 0 aliphatic carbocycles. The first-order chi connectivity index (χ1) is 14.7. The molecule has 4 rings (SSSR count). The number of anilines is 3. The molecular formula is C22H27N7O. The van der Waals surface area contributed by atoms with Gasteiger partial charge in [0.15, 0.2) is 17.5 Å². The van der Waals surface area contributed by atoms with E-state index in [0.717, 1.165) is 48.2 Å². The fraction of sp³-hybridized carbons (Fsp3) is 0.364. The number of aromatic amines is 1. The van der Waals surface area contributed by atoms with Crippen molar-refractivity contribution in [2.45, 2.75) is 32.2 Å². The van der Waals surface area contributed by atoms with E-state index in [4.69, 9.17) is 9.72 Å². The lowest BCUT2D eigenvalue weighted by Crippen LogP contribution is -2.25. The van der Waals surface area contributed by atoms with Gasteiger partial charge < -0.3 is 15.0 Å². The Morgan fingerprint density at radius 1 is 1.33 bits per heavy atom. The van der Waals surface area contributed by atoms with Gasteiger partial charge in [0.2, 0.25) is 0 Å². The second-order valence-electron chi connectivity index (χ2n) is 7.42. The molecule has 2 N–H and O–H groups in total. The molecule has 0 aromatic carbocycles. The fourth-order valence-electron chi connectivity index (χ4n) is 3.24. The highest BCUT2D eigenvalue weighted by Gasteiger charge is 2.23. The number of nitrogens with zero attached hydrogens (tertiary/aromatic N) is 5. The lowest BCUT2D eigenvalue weighted by atomic mass is 10.0. The van der Waals surface area contributed by atoms with Gasteiger partial charge in [-0.15, -0.1) is 0 Å². The lowest BCUT2D eigenvalue weighted by molar-refractivity contribution is 0.00670. The second-order valence-corrected chi connectivity index (χ2v) is 7.42. The van der Waals surface area contributed by atoms with E-state index >= 15 is 0 Å². The number of aromatic nitrogens is 5. The van der Waals surface area contributed by atoms with Crippen molar-refractivity contribution in [3.63, 3.8) is 0 Å². The van der Waals surface area contributed by atoms with Gasteiger partial charge >= 0.3 is 0 Å². The van der Waals surface area contributed by atoms with Gasteiger partial charge in [0.05, 0.1) is 25.5 Å². The van der Waals surface area contributed by atoms with E-state index in [-0.39, 0.29) is 6.04 Å². The summed E-state index contributed by atoms with van der Waals surface area (Å²) in [5.74, 6) is 2.55. The molecule has 1 atom stereocenters. The molecule has 1 unspecified atom stereocenters. The van der Waals surface area contributed by atoms with E-state index < -0.39 is 0 Å². The Labute approximate surface area is 176 Å². The van der Waals surface area contributed by atoms with Gasteiger partial charge in [-0.2, -0.15) is 5.10 Å². The second kappa shape index (κ2) is 9.04. The van der Waals surface area contributed by atoms with Crippen molar-refractivity contribution in [3.8, 4) is 0 Å². The number of ether oxygens (including phenoxy) is 1. The average Bonchev–Trinajstić information content (AvgIpc) is 3.18. The molecular weight excluding hydrogens is 378 g/mol. The van der Waals surface area contributed by atoms with Crippen molar-refractivity contribution in [2.24, 2.45) is 0 Å². The molecule has 8 heteroatoms. The first-order valence-electron chi connectivity index (χ1n) is 10.2. The molecule has 0 radical (unpaired) electrons. The summed E-state index contributed by atoms with van der Waals surface area (Å²) in [4.78, 5) is 15.9. The maximum Gasteiger partial charge on any atom is 0.157 e. The Bertz CT molecular complexity index is 998. The zero-order valence-electron chi connectivity index (χ0n) is 17.5. The third-order valence-corrected chi connectivity index (χ3v) is 5.31. The number of hydrogen-bond donors (Lipinski definition) is 2. The third-order valence-electron chi connectivity index (χ3n) is 5.31. The normalized spacial score (nSPS) is 15.2. The summed E-state index contributed by atoms with van der Waals surface area (Å²) in [5.41, 5.74) is 3.02. The zero-order valence-corrected chi connectivity index (χ0v) is 17.5. The Morgan fingerprint density at radius 3 is 2.90 bits per heavy atom. The summed E-state index contributed by atoms with van der Waals surface area (Å²) >= 11 is 0. The minimum atomic E-state index is 0.0904. The highest BCUT2D eigenvalue weighted by atomic mass is 16.5. The van der Waals surface area contributed by atoms with Crippen LogP contribution in [0.25, 0.3) is 6.08 Å². The fourth-order valence-corrected chi connectivity index (χ4v) is 3.24. The van der Waals surface area contributed by atoms with Crippen LogP contribution in [0.2, 0.25) is 0 Å². The Morgan fingerprint density at radius 2 is 2.20 bits per heavy atom. The number of nitrogens with one attached hydrogen (secondary N) is 2. The monoisotopic (exact) mass is 405 g/mol. The number of pyridine rings is 1. The SMILES string of the molecule is CC/C=C/c1ncc(Nc2cc(C3COC3)[nH]n2)nc1N(C)C(C)c1cccnc1. The van der Waals surface area contributed by atoms with E-state index in [1.54, 1.807) is 12.4 Å². The summed E-state index contributed by atoms with van der Waals surface area (Å²) in [6, 6.07) is 6.11. The quantitative estimate of drug-likeness (QED) is 0.583. The lowest BCUT2D eigenvalue weighted by Gasteiger charge is -2.27. The Balaban J connectivity index is 1.60. The van der Waals surface area contributed by atoms with E-state index in [9.17, 15) is 0 Å². The van der Waals surface area contributed by atoms with Gasteiger partial charge in [-0.1, -0.05) is 19.1 Å². The molecule has 1 aliphatic heterocycles. The molecule has 1 saturated heterocycles. The molecule has 30 heavy (non-hydrogen) atoms. The molecule has 3 aromatic heterocycles. The van der Waals surface area contributed by atoms with Crippen molar-refractivity contribution in [3.05, 3.63) is 59.8 Å². The Kier molecular flexibility index (Phi) is 6.04. The maximum absolute atomic E-state index is 5.26. The molecule has 0 spiro atoms. The van der Waals surface area contributed by atoms with Gasteiger partial charge in [0, 0.05) is 37.1 Å². The van der Waals surface area contributed by atoms with Crippen molar-refractivity contribution >= 4 is 23.5 Å². The number of rotatable bonds is 8. The van der Waals surface area contributed by atoms with Crippen LogP contribution in [0.3, 0.4) is 0 Å². The van der Waals surface area contributed by atoms with Crippen molar-refractivity contribution in [1.29, 1.82) is 0 Å². The van der Waals surface area contributed by atoms with Crippen LogP contribution in [-0.2, 0) is 4.74 Å². The van der Waals surface area contributed by atoms with E-state index in [0.29, 0.717) is 11.7 Å². The van der Waals surface area contributed by atoms with E-state index in [2.05, 4.69) is 56.4 Å². The van der Waals surface area contributed by atoms with Crippen LogP contribution >= 0.6 is 0 Å². The number of hydrogen-bond acceptors (Lipinski definition) is 7. The van der Waals surface area contributed by atoms with Gasteiger partial charge in [0.1, 0.15) is 5.69 Å². The number of allylic oxidation sites excluding steroid dienone is 1. The molecule has 0 amide bonds. The van der Waals surface area contributed by atoms with Crippen LogP contribution in [-0.4, -0.2) is 45.4 Å². The van der Waals surface area contributed by atoms with Crippen LogP contribution in [0.4, 0.5) is 17.5 Å². The standard InChI is InChI=1S/C22H27N7O/c1-4-5-8-18-22(29(3)15(2)16-7-6-9-23-11-16)26-21(12-24-18)25-20-10-19(27-28-20)17-13-30-14-17/h5-12,15,17H,4,13-14H2,1-3H3,(H2,25,26,27,28)/b8-5+. The summed E-state index contributed by atoms with van der Waals surface area (Å²) in [6.45, 7) is 5.71. The summed E-state index contributed by atoms with van der Waals surface area (Å²) < 4.78 is 5.26. The van der Waals surface area contributed by atoms with E-state index in [1.807, 2.05) is 31.5 Å². The first-order valence-corrected chi connectivity index (χ1v) is 10.2.